The fourth-order valence-corrected chi connectivity index (χ4v) is 1.90. The second kappa shape index (κ2) is 9.76. The Morgan fingerprint density at radius 3 is 2.63 bits per heavy atom. The van der Waals surface area contributed by atoms with Crippen molar-refractivity contribution in [2.75, 3.05) is 19.7 Å². The number of hydrogen-bond donors (Lipinski definition) is 1. The molecule has 0 aliphatic carbocycles. The van der Waals surface area contributed by atoms with Crippen molar-refractivity contribution in [1.29, 1.82) is 0 Å². The third-order valence-electron chi connectivity index (χ3n) is 3.14. The summed E-state index contributed by atoms with van der Waals surface area (Å²) >= 11 is 0. The standard InChI is InChI=1S/C17H27NO/c1-4-6-12-19-14-16-7-9-17(10-8-16)15(3)13-18-11-5-2/h4,6-10,15,18H,5,11-14H2,1-3H3/b6-4+. The van der Waals surface area contributed by atoms with Crippen molar-refractivity contribution in [2.24, 2.45) is 0 Å². The smallest absolute Gasteiger partial charge is 0.0721 e. The number of benzene rings is 1. The van der Waals surface area contributed by atoms with Gasteiger partial charge in [-0.3, -0.25) is 0 Å². The Balaban J connectivity index is 2.37. The van der Waals surface area contributed by atoms with Gasteiger partial charge >= 0.3 is 0 Å². The number of rotatable bonds is 9. The van der Waals surface area contributed by atoms with Crippen molar-refractivity contribution in [2.45, 2.75) is 39.7 Å². The molecule has 0 spiro atoms. The molecule has 1 aromatic carbocycles. The predicted octanol–water partition coefficient (Wildman–Crippen LogP) is 3.88. The summed E-state index contributed by atoms with van der Waals surface area (Å²) in [5.41, 5.74) is 2.63. The van der Waals surface area contributed by atoms with E-state index in [4.69, 9.17) is 4.74 Å². The van der Waals surface area contributed by atoms with Crippen LogP contribution in [0.5, 0.6) is 0 Å². The lowest BCUT2D eigenvalue weighted by Crippen LogP contribution is -2.20. The first-order valence-corrected chi connectivity index (χ1v) is 7.26. The van der Waals surface area contributed by atoms with Crippen LogP contribution in [-0.2, 0) is 11.3 Å². The highest BCUT2D eigenvalue weighted by Gasteiger charge is 2.04. The lowest BCUT2D eigenvalue weighted by atomic mass is 10.00. The molecule has 0 aliphatic heterocycles. The van der Waals surface area contributed by atoms with Gasteiger partial charge in [0, 0.05) is 6.54 Å². The summed E-state index contributed by atoms with van der Waals surface area (Å²) in [5, 5.41) is 3.46. The number of hydrogen-bond acceptors (Lipinski definition) is 2. The largest absolute Gasteiger partial charge is 0.373 e. The van der Waals surface area contributed by atoms with E-state index in [-0.39, 0.29) is 0 Å². The second-order valence-electron chi connectivity index (χ2n) is 4.93. The third-order valence-corrected chi connectivity index (χ3v) is 3.14. The quantitative estimate of drug-likeness (QED) is 0.538. The first kappa shape index (κ1) is 15.9. The van der Waals surface area contributed by atoms with Gasteiger partial charge in [-0.15, -0.1) is 0 Å². The van der Waals surface area contributed by atoms with Crippen LogP contribution < -0.4 is 5.32 Å². The second-order valence-corrected chi connectivity index (χ2v) is 4.93. The first-order valence-electron chi connectivity index (χ1n) is 7.26. The summed E-state index contributed by atoms with van der Waals surface area (Å²) in [6.45, 7) is 9.99. The van der Waals surface area contributed by atoms with Crippen molar-refractivity contribution in [3.05, 3.63) is 47.5 Å². The van der Waals surface area contributed by atoms with Crippen molar-refractivity contribution < 1.29 is 4.74 Å². The van der Waals surface area contributed by atoms with E-state index in [2.05, 4.69) is 43.4 Å². The Kier molecular flexibility index (Phi) is 8.19. The van der Waals surface area contributed by atoms with Crippen molar-refractivity contribution >= 4 is 0 Å². The molecule has 0 saturated carbocycles. The Morgan fingerprint density at radius 2 is 2.00 bits per heavy atom. The number of allylic oxidation sites excluding steroid dienone is 1. The summed E-state index contributed by atoms with van der Waals surface area (Å²) in [6, 6.07) is 8.77. The average molecular weight is 261 g/mol. The average Bonchev–Trinajstić information content (AvgIpc) is 2.44. The van der Waals surface area contributed by atoms with Crippen LogP contribution in [-0.4, -0.2) is 19.7 Å². The minimum atomic E-state index is 0.560. The summed E-state index contributed by atoms with van der Waals surface area (Å²) in [7, 11) is 0. The highest BCUT2D eigenvalue weighted by molar-refractivity contribution is 5.24. The van der Waals surface area contributed by atoms with Gasteiger partial charge in [0.15, 0.2) is 0 Å². The summed E-state index contributed by atoms with van der Waals surface area (Å²) in [5.74, 6) is 0.560. The van der Waals surface area contributed by atoms with E-state index in [0.717, 1.165) is 13.1 Å². The molecule has 1 atom stereocenters. The minimum absolute atomic E-state index is 0.560. The molecule has 0 aromatic heterocycles. The normalized spacial score (nSPS) is 13.0. The van der Waals surface area contributed by atoms with Gasteiger partial charge in [0.25, 0.3) is 0 Å². The molecule has 1 aromatic rings. The predicted molar refractivity (Wildman–Crippen MR) is 82.5 cm³/mol. The fraction of sp³-hybridized carbons (Fsp3) is 0.529. The Hall–Kier alpha value is -1.12. The molecule has 1 rings (SSSR count). The van der Waals surface area contributed by atoms with Crippen molar-refractivity contribution in [1.82, 2.24) is 5.32 Å². The highest BCUT2D eigenvalue weighted by Crippen LogP contribution is 2.15. The summed E-state index contributed by atoms with van der Waals surface area (Å²) in [4.78, 5) is 0. The molecular formula is C17H27NO. The fourth-order valence-electron chi connectivity index (χ4n) is 1.90. The molecule has 0 radical (unpaired) electrons. The Bertz CT molecular complexity index is 356. The molecule has 19 heavy (non-hydrogen) atoms. The Labute approximate surface area is 117 Å². The van der Waals surface area contributed by atoms with Gasteiger partial charge in [0.05, 0.1) is 13.2 Å². The van der Waals surface area contributed by atoms with Crippen LogP contribution in [0.1, 0.15) is 44.2 Å². The molecular weight excluding hydrogens is 234 g/mol. The van der Waals surface area contributed by atoms with Crippen LogP contribution in [0.2, 0.25) is 0 Å². The van der Waals surface area contributed by atoms with E-state index in [1.165, 1.54) is 17.5 Å². The van der Waals surface area contributed by atoms with Crippen molar-refractivity contribution in [3.8, 4) is 0 Å². The van der Waals surface area contributed by atoms with E-state index in [9.17, 15) is 0 Å². The number of nitrogens with one attached hydrogen (secondary N) is 1. The van der Waals surface area contributed by atoms with Crippen LogP contribution in [0.4, 0.5) is 0 Å². The zero-order valence-electron chi connectivity index (χ0n) is 12.5. The summed E-state index contributed by atoms with van der Waals surface area (Å²) < 4.78 is 5.54. The van der Waals surface area contributed by atoms with Gasteiger partial charge in [-0.2, -0.15) is 0 Å². The molecule has 0 amide bonds. The zero-order chi connectivity index (χ0) is 13.9. The van der Waals surface area contributed by atoms with Crippen molar-refractivity contribution in [3.63, 3.8) is 0 Å². The van der Waals surface area contributed by atoms with E-state index in [1.54, 1.807) is 0 Å². The third kappa shape index (κ3) is 6.55. The van der Waals surface area contributed by atoms with E-state index >= 15 is 0 Å². The topological polar surface area (TPSA) is 21.3 Å². The SMILES string of the molecule is C/C=C/COCc1ccc(C(C)CNCCC)cc1. The van der Waals surface area contributed by atoms with Crippen LogP contribution in [0.25, 0.3) is 0 Å². The molecule has 106 valence electrons. The van der Waals surface area contributed by atoms with Crippen LogP contribution in [0, 0.1) is 0 Å². The maximum atomic E-state index is 5.54. The molecule has 0 saturated heterocycles. The van der Waals surface area contributed by atoms with E-state index in [0.29, 0.717) is 19.1 Å². The van der Waals surface area contributed by atoms with Crippen LogP contribution in [0.15, 0.2) is 36.4 Å². The lowest BCUT2D eigenvalue weighted by Gasteiger charge is -2.13. The monoisotopic (exact) mass is 261 g/mol. The van der Waals surface area contributed by atoms with E-state index < -0.39 is 0 Å². The molecule has 1 N–H and O–H groups in total. The lowest BCUT2D eigenvalue weighted by molar-refractivity contribution is 0.148. The molecule has 1 unspecified atom stereocenters. The molecule has 0 fully saturated rings. The zero-order valence-corrected chi connectivity index (χ0v) is 12.5. The highest BCUT2D eigenvalue weighted by atomic mass is 16.5. The molecule has 0 aliphatic rings. The van der Waals surface area contributed by atoms with Crippen LogP contribution >= 0.6 is 0 Å². The maximum absolute atomic E-state index is 5.54. The first-order chi connectivity index (χ1) is 9.27. The Morgan fingerprint density at radius 1 is 1.26 bits per heavy atom. The van der Waals surface area contributed by atoms with Gasteiger partial charge in [-0.05, 0) is 36.9 Å². The van der Waals surface area contributed by atoms with Gasteiger partial charge in [-0.1, -0.05) is 50.3 Å². The van der Waals surface area contributed by atoms with E-state index in [1.807, 2.05) is 19.1 Å². The molecule has 2 nitrogen and oxygen atoms in total. The van der Waals surface area contributed by atoms with Crippen LogP contribution in [0.3, 0.4) is 0 Å². The number of ether oxygens (including phenoxy) is 1. The summed E-state index contributed by atoms with van der Waals surface area (Å²) in [6.07, 6.45) is 5.22. The van der Waals surface area contributed by atoms with Gasteiger partial charge < -0.3 is 10.1 Å². The minimum Gasteiger partial charge on any atom is -0.373 e. The van der Waals surface area contributed by atoms with Gasteiger partial charge in [0.2, 0.25) is 0 Å². The molecule has 2 heteroatoms. The molecule has 0 heterocycles. The molecule has 0 bridgehead atoms. The van der Waals surface area contributed by atoms with Gasteiger partial charge in [-0.25, -0.2) is 0 Å². The van der Waals surface area contributed by atoms with Gasteiger partial charge in [0.1, 0.15) is 0 Å². The maximum Gasteiger partial charge on any atom is 0.0721 e.